The SMILES string of the molecule is CC1Cc2ccccc2N1c1cccc(C(=O)NCCCN(C)C)n1. The lowest BCUT2D eigenvalue weighted by Crippen LogP contribution is -2.29. The Labute approximate surface area is 149 Å². The maximum atomic E-state index is 12.4. The molecule has 25 heavy (non-hydrogen) atoms. The van der Waals surface area contributed by atoms with Crippen molar-refractivity contribution in [3.8, 4) is 0 Å². The molecule has 3 rings (SSSR count). The first-order valence-corrected chi connectivity index (χ1v) is 8.83. The van der Waals surface area contributed by atoms with Crippen molar-refractivity contribution in [1.29, 1.82) is 0 Å². The Morgan fingerprint density at radius 2 is 2.04 bits per heavy atom. The van der Waals surface area contributed by atoms with Gasteiger partial charge in [-0.05, 0) is 64.2 Å². The Hall–Kier alpha value is -2.40. The van der Waals surface area contributed by atoms with Gasteiger partial charge in [0.15, 0.2) is 0 Å². The second kappa shape index (κ2) is 7.66. The van der Waals surface area contributed by atoms with Crippen LogP contribution in [0.4, 0.5) is 11.5 Å². The third kappa shape index (κ3) is 3.99. The molecule has 1 unspecified atom stereocenters. The monoisotopic (exact) mass is 338 g/mol. The molecule has 0 radical (unpaired) electrons. The largest absolute Gasteiger partial charge is 0.351 e. The second-order valence-corrected chi connectivity index (χ2v) is 6.85. The number of pyridine rings is 1. The molecule has 0 bridgehead atoms. The van der Waals surface area contributed by atoms with Gasteiger partial charge in [-0.1, -0.05) is 24.3 Å². The molecular formula is C20H26N4O. The number of aromatic nitrogens is 1. The van der Waals surface area contributed by atoms with Gasteiger partial charge in [-0.2, -0.15) is 0 Å². The summed E-state index contributed by atoms with van der Waals surface area (Å²) in [5.74, 6) is 0.721. The van der Waals surface area contributed by atoms with Crippen LogP contribution in [-0.2, 0) is 6.42 Å². The number of nitrogens with one attached hydrogen (secondary N) is 1. The number of para-hydroxylation sites is 1. The molecule has 2 aromatic rings. The molecule has 1 N–H and O–H groups in total. The van der Waals surface area contributed by atoms with Crippen LogP contribution >= 0.6 is 0 Å². The van der Waals surface area contributed by atoms with Gasteiger partial charge in [0.25, 0.3) is 5.91 Å². The average Bonchev–Trinajstić information content (AvgIpc) is 2.94. The molecule has 0 saturated carbocycles. The van der Waals surface area contributed by atoms with Crippen LogP contribution in [0, 0.1) is 0 Å². The quantitative estimate of drug-likeness (QED) is 0.823. The van der Waals surface area contributed by atoms with Gasteiger partial charge in [-0.3, -0.25) is 4.79 Å². The first-order chi connectivity index (χ1) is 12.1. The van der Waals surface area contributed by atoms with Crippen molar-refractivity contribution in [1.82, 2.24) is 15.2 Å². The molecule has 0 spiro atoms. The van der Waals surface area contributed by atoms with E-state index < -0.39 is 0 Å². The van der Waals surface area contributed by atoms with Crippen LogP contribution in [0.15, 0.2) is 42.5 Å². The van der Waals surface area contributed by atoms with Crippen LogP contribution in [0.2, 0.25) is 0 Å². The number of carbonyl (C=O) groups excluding carboxylic acids is 1. The fourth-order valence-electron chi connectivity index (χ4n) is 3.29. The van der Waals surface area contributed by atoms with E-state index in [0.717, 1.165) is 25.2 Å². The normalized spacial score (nSPS) is 16.2. The molecule has 5 nitrogen and oxygen atoms in total. The number of hydrogen-bond acceptors (Lipinski definition) is 4. The summed E-state index contributed by atoms with van der Waals surface area (Å²) in [6.07, 6.45) is 1.92. The van der Waals surface area contributed by atoms with Gasteiger partial charge >= 0.3 is 0 Å². The zero-order chi connectivity index (χ0) is 17.8. The van der Waals surface area contributed by atoms with E-state index in [1.807, 2.05) is 32.3 Å². The fraction of sp³-hybridized carbons (Fsp3) is 0.400. The van der Waals surface area contributed by atoms with Crippen LogP contribution in [0.3, 0.4) is 0 Å². The van der Waals surface area contributed by atoms with E-state index in [2.05, 4.69) is 45.2 Å². The van der Waals surface area contributed by atoms with Crippen molar-refractivity contribution in [2.45, 2.75) is 25.8 Å². The summed E-state index contributed by atoms with van der Waals surface area (Å²) in [4.78, 5) is 21.3. The number of amides is 1. The van der Waals surface area contributed by atoms with Crippen molar-refractivity contribution in [3.63, 3.8) is 0 Å². The molecule has 132 valence electrons. The highest BCUT2D eigenvalue weighted by Crippen LogP contribution is 2.37. The molecule has 0 saturated heterocycles. The maximum absolute atomic E-state index is 12.4. The molecule has 2 heterocycles. The van der Waals surface area contributed by atoms with E-state index in [0.29, 0.717) is 18.3 Å². The van der Waals surface area contributed by atoms with Crippen molar-refractivity contribution in [2.24, 2.45) is 0 Å². The molecule has 1 atom stereocenters. The van der Waals surface area contributed by atoms with Gasteiger partial charge in [-0.25, -0.2) is 4.98 Å². The lowest BCUT2D eigenvalue weighted by Gasteiger charge is -2.24. The van der Waals surface area contributed by atoms with Crippen LogP contribution in [0.1, 0.15) is 29.4 Å². The minimum Gasteiger partial charge on any atom is -0.351 e. The Morgan fingerprint density at radius 3 is 2.84 bits per heavy atom. The van der Waals surface area contributed by atoms with Crippen LogP contribution in [-0.4, -0.2) is 49.0 Å². The molecule has 0 aliphatic carbocycles. The fourth-order valence-corrected chi connectivity index (χ4v) is 3.29. The molecule has 5 heteroatoms. The standard InChI is InChI=1S/C20H26N4O/c1-15-14-16-8-4-5-10-18(16)24(15)19-11-6-9-17(22-19)20(25)21-12-7-13-23(2)3/h4-6,8-11,15H,7,12-14H2,1-3H3,(H,21,25). The van der Waals surface area contributed by atoms with Crippen molar-refractivity contribution < 1.29 is 4.79 Å². The zero-order valence-corrected chi connectivity index (χ0v) is 15.2. The van der Waals surface area contributed by atoms with Gasteiger partial charge in [-0.15, -0.1) is 0 Å². The maximum Gasteiger partial charge on any atom is 0.269 e. The summed E-state index contributed by atoms with van der Waals surface area (Å²) < 4.78 is 0. The molecular weight excluding hydrogens is 312 g/mol. The van der Waals surface area contributed by atoms with E-state index in [-0.39, 0.29) is 5.91 Å². The number of benzene rings is 1. The van der Waals surface area contributed by atoms with Crippen molar-refractivity contribution >= 4 is 17.4 Å². The summed E-state index contributed by atoms with van der Waals surface area (Å²) in [6, 6.07) is 14.4. The lowest BCUT2D eigenvalue weighted by molar-refractivity contribution is 0.0947. The number of anilines is 2. The molecule has 1 aliphatic rings. The Balaban J connectivity index is 1.73. The molecule has 1 aliphatic heterocycles. The summed E-state index contributed by atoms with van der Waals surface area (Å²) in [5.41, 5.74) is 2.99. The summed E-state index contributed by atoms with van der Waals surface area (Å²) >= 11 is 0. The Morgan fingerprint density at radius 1 is 1.24 bits per heavy atom. The smallest absolute Gasteiger partial charge is 0.269 e. The van der Waals surface area contributed by atoms with Crippen LogP contribution in [0.5, 0.6) is 0 Å². The van der Waals surface area contributed by atoms with Gasteiger partial charge in [0.05, 0.1) is 0 Å². The summed E-state index contributed by atoms with van der Waals surface area (Å²) in [6.45, 7) is 3.80. The molecule has 1 aromatic carbocycles. The molecule has 1 aromatic heterocycles. The Kier molecular flexibility index (Phi) is 5.34. The first-order valence-electron chi connectivity index (χ1n) is 8.83. The number of hydrogen-bond donors (Lipinski definition) is 1. The van der Waals surface area contributed by atoms with E-state index >= 15 is 0 Å². The van der Waals surface area contributed by atoms with Gasteiger partial charge in [0.1, 0.15) is 11.5 Å². The number of nitrogens with zero attached hydrogens (tertiary/aromatic N) is 3. The van der Waals surface area contributed by atoms with Crippen molar-refractivity contribution in [2.75, 3.05) is 32.1 Å². The van der Waals surface area contributed by atoms with Gasteiger partial charge < -0.3 is 15.1 Å². The van der Waals surface area contributed by atoms with Crippen LogP contribution < -0.4 is 10.2 Å². The summed E-state index contributed by atoms with van der Waals surface area (Å²) in [5, 5.41) is 2.96. The zero-order valence-electron chi connectivity index (χ0n) is 15.2. The van der Waals surface area contributed by atoms with Gasteiger partial charge in [0, 0.05) is 18.3 Å². The Bertz CT molecular complexity index is 744. The van der Waals surface area contributed by atoms with E-state index in [4.69, 9.17) is 0 Å². The minimum absolute atomic E-state index is 0.110. The van der Waals surface area contributed by atoms with Crippen molar-refractivity contribution in [3.05, 3.63) is 53.7 Å². The minimum atomic E-state index is -0.110. The lowest BCUT2D eigenvalue weighted by atomic mass is 10.1. The highest BCUT2D eigenvalue weighted by molar-refractivity contribution is 5.92. The first kappa shape index (κ1) is 17.4. The number of rotatable bonds is 6. The highest BCUT2D eigenvalue weighted by atomic mass is 16.1. The molecule has 0 fully saturated rings. The second-order valence-electron chi connectivity index (χ2n) is 6.85. The predicted octanol–water partition coefficient (Wildman–Crippen LogP) is 2.85. The van der Waals surface area contributed by atoms with E-state index in [1.165, 1.54) is 11.3 Å². The van der Waals surface area contributed by atoms with Gasteiger partial charge in [0.2, 0.25) is 0 Å². The van der Waals surface area contributed by atoms with Crippen LogP contribution in [0.25, 0.3) is 0 Å². The number of carbonyl (C=O) groups is 1. The highest BCUT2D eigenvalue weighted by Gasteiger charge is 2.27. The van der Waals surface area contributed by atoms with E-state index in [1.54, 1.807) is 6.07 Å². The predicted molar refractivity (Wildman–Crippen MR) is 101 cm³/mol. The molecule has 1 amide bonds. The third-order valence-corrected chi connectivity index (χ3v) is 4.49. The average molecular weight is 338 g/mol. The topological polar surface area (TPSA) is 48.5 Å². The van der Waals surface area contributed by atoms with E-state index in [9.17, 15) is 4.79 Å². The summed E-state index contributed by atoms with van der Waals surface area (Å²) in [7, 11) is 4.06. The number of fused-ring (bicyclic) bond motifs is 1. The third-order valence-electron chi connectivity index (χ3n) is 4.49.